The van der Waals surface area contributed by atoms with Crippen LogP contribution in [0.2, 0.25) is 10.0 Å². The molecule has 2 fully saturated rings. The molecule has 0 radical (unpaired) electrons. The lowest BCUT2D eigenvalue weighted by molar-refractivity contribution is 0.00866. The van der Waals surface area contributed by atoms with Crippen LogP contribution in [0.4, 0.5) is 0 Å². The van der Waals surface area contributed by atoms with Gasteiger partial charge in [0.25, 0.3) is 5.91 Å². The molecule has 3 atom stereocenters. The number of hydrogen-bond acceptors (Lipinski definition) is 4. The summed E-state index contributed by atoms with van der Waals surface area (Å²) in [6.45, 7) is 6.74. The zero-order valence-corrected chi connectivity index (χ0v) is 18.6. The standard InChI is InChI=1S/C23H27Cl2N3O2/c1-16-12-26(13-17-2-6-19(24)7-3-17)10-11-28(16)21-14-27(15-22(21)29)23(30)18-4-8-20(25)9-5-18/h2-9,16,21-22,29H,10-15H2,1H3/t16-,21?,22-/m0/s1. The summed E-state index contributed by atoms with van der Waals surface area (Å²) in [6.07, 6.45) is -0.536. The van der Waals surface area contributed by atoms with E-state index in [0.29, 0.717) is 29.7 Å². The van der Waals surface area contributed by atoms with E-state index in [4.69, 9.17) is 23.2 Å². The number of halogens is 2. The third kappa shape index (κ3) is 4.82. The van der Waals surface area contributed by atoms with E-state index >= 15 is 0 Å². The summed E-state index contributed by atoms with van der Waals surface area (Å²) >= 11 is 11.9. The first-order chi connectivity index (χ1) is 14.4. The number of hydrogen-bond donors (Lipinski definition) is 1. The average Bonchev–Trinajstić information content (AvgIpc) is 3.11. The molecule has 1 unspecified atom stereocenters. The fraction of sp³-hybridized carbons (Fsp3) is 0.435. The number of rotatable bonds is 4. The van der Waals surface area contributed by atoms with Crippen molar-refractivity contribution in [2.75, 3.05) is 32.7 Å². The van der Waals surface area contributed by atoms with Crippen molar-refractivity contribution in [2.24, 2.45) is 0 Å². The number of amides is 1. The Kier molecular flexibility index (Phi) is 6.66. The normalized spacial score (nSPS) is 25.6. The highest BCUT2D eigenvalue weighted by Crippen LogP contribution is 2.24. The van der Waals surface area contributed by atoms with Gasteiger partial charge in [0.1, 0.15) is 0 Å². The maximum Gasteiger partial charge on any atom is 0.253 e. The highest BCUT2D eigenvalue weighted by molar-refractivity contribution is 6.30. The van der Waals surface area contributed by atoms with Crippen molar-refractivity contribution < 1.29 is 9.90 Å². The van der Waals surface area contributed by atoms with Gasteiger partial charge >= 0.3 is 0 Å². The monoisotopic (exact) mass is 447 g/mol. The molecule has 160 valence electrons. The van der Waals surface area contributed by atoms with E-state index in [2.05, 4.69) is 28.9 Å². The molecule has 2 aliphatic rings. The third-order valence-corrected chi connectivity index (χ3v) is 6.65. The number of carbonyl (C=O) groups is 1. The molecule has 2 aromatic carbocycles. The number of benzene rings is 2. The molecule has 2 aliphatic heterocycles. The second-order valence-corrected chi connectivity index (χ2v) is 9.17. The maximum absolute atomic E-state index is 12.8. The molecular weight excluding hydrogens is 421 g/mol. The van der Waals surface area contributed by atoms with Gasteiger partial charge in [-0.25, -0.2) is 0 Å². The summed E-state index contributed by atoms with van der Waals surface area (Å²) < 4.78 is 0. The Morgan fingerprint density at radius 2 is 1.60 bits per heavy atom. The molecule has 2 saturated heterocycles. The minimum atomic E-state index is -0.536. The first-order valence-electron chi connectivity index (χ1n) is 10.4. The van der Waals surface area contributed by atoms with Crippen molar-refractivity contribution in [3.8, 4) is 0 Å². The quantitative estimate of drug-likeness (QED) is 0.779. The molecule has 4 rings (SSSR count). The highest BCUT2D eigenvalue weighted by Gasteiger charge is 2.41. The lowest BCUT2D eigenvalue weighted by Gasteiger charge is -2.43. The molecule has 1 N–H and O–H groups in total. The van der Waals surface area contributed by atoms with Gasteiger partial charge in [0.05, 0.1) is 12.1 Å². The first kappa shape index (κ1) is 21.6. The number of β-amino-alcohol motifs (C(OH)–C–C–N with tert-alkyl or cyclic N) is 1. The fourth-order valence-electron chi connectivity index (χ4n) is 4.57. The van der Waals surface area contributed by atoms with Crippen molar-refractivity contribution in [1.82, 2.24) is 14.7 Å². The van der Waals surface area contributed by atoms with Crippen LogP contribution in [0.5, 0.6) is 0 Å². The zero-order valence-electron chi connectivity index (χ0n) is 17.0. The van der Waals surface area contributed by atoms with Gasteiger partial charge in [0.2, 0.25) is 0 Å². The number of aliphatic hydroxyl groups excluding tert-OH is 1. The Labute approximate surface area is 187 Å². The van der Waals surface area contributed by atoms with Crippen LogP contribution in [-0.4, -0.2) is 76.6 Å². The topological polar surface area (TPSA) is 47.0 Å². The van der Waals surface area contributed by atoms with Crippen LogP contribution in [0.3, 0.4) is 0 Å². The molecular formula is C23H27Cl2N3O2. The smallest absolute Gasteiger partial charge is 0.253 e. The van der Waals surface area contributed by atoms with E-state index in [0.717, 1.165) is 31.2 Å². The van der Waals surface area contributed by atoms with Crippen LogP contribution < -0.4 is 0 Å². The van der Waals surface area contributed by atoms with Crippen molar-refractivity contribution in [3.63, 3.8) is 0 Å². The van der Waals surface area contributed by atoms with Crippen molar-refractivity contribution in [1.29, 1.82) is 0 Å². The van der Waals surface area contributed by atoms with Crippen LogP contribution in [0.1, 0.15) is 22.8 Å². The van der Waals surface area contributed by atoms with Crippen molar-refractivity contribution in [2.45, 2.75) is 31.7 Å². The number of likely N-dealkylation sites (tertiary alicyclic amines) is 1. The van der Waals surface area contributed by atoms with Gasteiger partial charge < -0.3 is 10.0 Å². The molecule has 1 amide bonds. The summed E-state index contributed by atoms with van der Waals surface area (Å²) in [4.78, 5) is 19.4. The van der Waals surface area contributed by atoms with Crippen LogP contribution >= 0.6 is 23.2 Å². The number of nitrogens with zero attached hydrogens (tertiary/aromatic N) is 3. The van der Waals surface area contributed by atoms with Gasteiger partial charge in [0.15, 0.2) is 0 Å². The number of aliphatic hydroxyl groups is 1. The summed E-state index contributed by atoms with van der Waals surface area (Å²) in [7, 11) is 0. The summed E-state index contributed by atoms with van der Waals surface area (Å²) in [5.41, 5.74) is 1.86. The van der Waals surface area contributed by atoms with Crippen molar-refractivity contribution in [3.05, 3.63) is 69.7 Å². The molecule has 2 aromatic rings. The Morgan fingerprint density at radius 3 is 2.23 bits per heavy atom. The molecule has 0 spiro atoms. The summed E-state index contributed by atoms with van der Waals surface area (Å²) in [6, 6.07) is 15.2. The predicted molar refractivity (Wildman–Crippen MR) is 120 cm³/mol. The van der Waals surface area contributed by atoms with Gasteiger partial charge in [0, 0.05) is 60.9 Å². The minimum Gasteiger partial charge on any atom is -0.390 e. The molecule has 7 heteroatoms. The van der Waals surface area contributed by atoms with Gasteiger partial charge in [-0.2, -0.15) is 0 Å². The van der Waals surface area contributed by atoms with E-state index < -0.39 is 6.10 Å². The molecule has 2 heterocycles. The van der Waals surface area contributed by atoms with Gasteiger partial charge in [-0.15, -0.1) is 0 Å². The second kappa shape index (κ2) is 9.25. The Balaban J connectivity index is 1.35. The number of piperazine rings is 1. The minimum absolute atomic E-state index is 0.0334. The van der Waals surface area contributed by atoms with Gasteiger partial charge in [-0.3, -0.25) is 14.6 Å². The average molecular weight is 448 g/mol. The second-order valence-electron chi connectivity index (χ2n) is 8.30. The molecule has 0 bridgehead atoms. The van der Waals surface area contributed by atoms with Gasteiger partial charge in [-0.1, -0.05) is 35.3 Å². The van der Waals surface area contributed by atoms with Crippen LogP contribution in [0.25, 0.3) is 0 Å². The fourth-order valence-corrected chi connectivity index (χ4v) is 4.82. The first-order valence-corrected chi connectivity index (χ1v) is 11.1. The third-order valence-electron chi connectivity index (χ3n) is 6.15. The number of carbonyl (C=O) groups excluding carboxylic acids is 1. The lowest BCUT2D eigenvalue weighted by atomic mass is 10.1. The molecule has 0 aromatic heterocycles. The van der Waals surface area contributed by atoms with E-state index in [9.17, 15) is 9.90 Å². The molecule has 5 nitrogen and oxygen atoms in total. The van der Waals surface area contributed by atoms with E-state index in [1.165, 1.54) is 5.56 Å². The van der Waals surface area contributed by atoms with E-state index in [1.807, 2.05) is 12.1 Å². The Hall–Kier alpha value is -1.63. The van der Waals surface area contributed by atoms with Crippen molar-refractivity contribution >= 4 is 29.1 Å². The van der Waals surface area contributed by atoms with Crippen LogP contribution in [0, 0.1) is 0 Å². The Morgan fingerprint density at radius 1 is 0.967 bits per heavy atom. The summed E-state index contributed by atoms with van der Waals surface area (Å²) in [5, 5.41) is 12.1. The van der Waals surface area contributed by atoms with E-state index in [1.54, 1.807) is 29.2 Å². The van der Waals surface area contributed by atoms with Gasteiger partial charge in [-0.05, 0) is 48.9 Å². The molecule has 30 heavy (non-hydrogen) atoms. The summed E-state index contributed by atoms with van der Waals surface area (Å²) in [5.74, 6) is -0.0535. The predicted octanol–water partition coefficient (Wildman–Crippen LogP) is 3.39. The Bertz CT molecular complexity index is 875. The van der Waals surface area contributed by atoms with Crippen LogP contribution in [0.15, 0.2) is 48.5 Å². The molecule has 0 saturated carbocycles. The highest BCUT2D eigenvalue weighted by atomic mass is 35.5. The maximum atomic E-state index is 12.8. The molecule has 0 aliphatic carbocycles. The van der Waals surface area contributed by atoms with E-state index in [-0.39, 0.29) is 11.9 Å². The zero-order chi connectivity index (χ0) is 21.3. The van der Waals surface area contributed by atoms with Crippen LogP contribution in [-0.2, 0) is 6.54 Å². The largest absolute Gasteiger partial charge is 0.390 e. The SMILES string of the molecule is C[C@H]1CN(Cc2ccc(Cl)cc2)CCN1C1CN(C(=O)c2ccc(Cl)cc2)C[C@@H]1O. The lowest BCUT2D eigenvalue weighted by Crippen LogP contribution is -2.58.